The van der Waals surface area contributed by atoms with Gasteiger partial charge in [-0.3, -0.25) is 0 Å². The summed E-state index contributed by atoms with van der Waals surface area (Å²) >= 11 is 1.13. The fraction of sp³-hybridized carbons (Fsp3) is 0.143. The number of hydrogen-bond acceptors (Lipinski definition) is 1. The molecule has 0 aliphatic rings. The van der Waals surface area contributed by atoms with Gasteiger partial charge >= 0.3 is 72.9 Å². The topological polar surface area (TPSA) is 26.0 Å². The number of benzene rings is 1. The first-order valence-corrected chi connectivity index (χ1v) is 4.08. The molecule has 1 nitrogen and oxygen atoms in total. The van der Waals surface area contributed by atoms with E-state index in [4.69, 9.17) is 5.73 Å². The first kappa shape index (κ1) is 7.29. The number of hydrogen-bond donors (Lipinski definition) is 1. The molecule has 0 radical (unpaired) electrons. The van der Waals surface area contributed by atoms with Gasteiger partial charge in [0, 0.05) is 0 Å². The Hall–Kier alpha value is 0.180. The van der Waals surface area contributed by atoms with Crippen LogP contribution in [-0.4, -0.2) is 27.9 Å². The first-order valence-electron chi connectivity index (χ1n) is 3.08. The van der Waals surface area contributed by atoms with Crippen LogP contribution in [0.1, 0.15) is 5.56 Å². The predicted octanol–water partition coefficient (Wildman–Crippen LogP) is -0.0609. The second kappa shape index (κ2) is 3.37. The molecule has 0 aliphatic carbocycles. The summed E-state index contributed by atoms with van der Waals surface area (Å²) in [6, 6.07) is 8.44. The molecule has 0 bridgehead atoms. The second-order valence-electron chi connectivity index (χ2n) is 2.19. The van der Waals surface area contributed by atoms with E-state index in [1.807, 2.05) is 0 Å². The molecule has 0 saturated heterocycles. The van der Waals surface area contributed by atoms with E-state index in [0.717, 1.165) is 27.9 Å². The van der Waals surface area contributed by atoms with Crippen molar-refractivity contribution in [1.29, 1.82) is 0 Å². The molecule has 0 saturated carbocycles. The van der Waals surface area contributed by atoms with Gasteiger partial charge in [0.05, 0.1) is 0 Å². The van der Waals surface area contributed by atoms with Crippen molar-refractivity contribution in [2.75, 3.05) is 0 Å². The van der Waals surface area contributed by atoms with Gasteiger partial charge in [-0.2, -0.15) is 0 Å². The van der Waals surface area contributed by atoms with Crippen LogP contribution in [0.2, 0.25) is 0 Å². The summed E-state index contributed by atoms with van der Waals surface area (Å²) in [4.78, 5) is 0. The molecule has 2 N–H and O–H groups in total. The SMILES string of the molecule is NCc1cc[c]([Na])cc1. The van der Waals surface area contributed by atoms with Gasteiger partial charge in [-0.1, -0.05) is 0 Å². The van der Waals surface area contributed by atoms with E-state index >= 15 is 0 Å². The monoisotopic (exact) mass is 129 g/mol. The minimum atomic E-state index is 0.655. The zero-order chi connectivity index (χ0) is 6.69. The summed E-state index contributed by atoms with van der Waals surface area (Å²) < 4.78 is 1.42. The Bertz CT molecular complexity index is 181. The van der Waals surface area contributed by atoms with Gasteiger partial charge in [0.15, 0.2) is 0 Å². The Morgan fingerprint density at radius 1 is 1.22 bits per heavy atom. The molecule has 1 aromatic carbocycles. The van der Waals surface area contributed by atoms with Crippen molar-refractivity contribution in [3.05, 3.63) is 29.8 Å². The Labute approximate surface area is 72.7 Å². The molecule has 0 heterocycles. The Balaban J connectivity index is 2.88. The number of rotatable bonds is 1. The van der Waals surface area contributed by atoms with Crippen molar-refractivity contribution in [1.82, 2.24) is 0 Å². The molecule has 2 heteroatoms. The molecule has 9 heavy (non-hydrogen) atoms. The van der Waals surface area contributed by atoms with Crippen molar-refractivity contribution in [2.45, 2.75) is 6.54 Å². The first-order chi connectivity index (χ1) is 4.33. The van der Waals surface area contributed by atoms with E-state index in [2.05, 4.69) is 24.3 Å². The van der Waals surface area contributed by atoms with Gasteiger partial charge < -0.3 is 0 Å². The third kappa shape index (κ3) is 2.11. The average Bonchev–Trinajstić information content (AvgIpc) is 1.90. The van der Waals surface area contributed by atoms with Crippen molar-refractivity contribution >= 4 is 30.7 Å². The fourth-order valence-corrected chi connectivity index (χ4v) is 1.06. The van der Waals surface area contributed by atoms with Crippen LogP contribution < -0.4 is 8.55 Å². The molecule has 1 rings (SSSR count). The van der Waals surface area contributed by atoms with Crippen LogP contribution in [0.5, 0.6) is 0 Å². The van der Waals surface area contributed by atoms with E-state index in [1.165, 1.54) is 8.38 Å². The Kier molecular flexibility index (Phi) is 2.73. The summed E-state index contributed by atoms with van der Waals surface area (Å²) in [7, 11) is 0. The van der Waals surface area contributed by atoms with Crippen LogP contribution >= 0.6 is 0 Å². The van der Waals surface area contributed by atoms with Crippen LogP contribution in [0, 0.1) is 0 Å². The molecule has 0 unspecified atom stereocenters. The van der Waals surface area contributed by atoms with E-state index in [9.17, 15) is 0 Å². The maximum absolute atomic E-state index is 5.41. The molecule has 0 spiro atoms. The molecule has 0 atom stereocenters. The molecule has 42 valence electrons. The van der Waals surface area contributed by atoms with Crippen LogP contribution in [0.15, 0.2) is 24.3 Å². The van der Waals surface area contributed by atoms with Gasteiger partial charge in [0.1, 0.15) is 0 Å². The van der Waals surface area contributed by atoms with E-state index in [1.54, 1.807) is 0 Å². The second-order valence-corrected chi connectivity index (χ2v) is 3.34. The summed E-state index contributed by atoms with van der Waals surface area (Å²) in [5, 5.41) is 0. The van der Waals surface area contributed by atoms with Crippen LogP contribution in [0.4, 0.5) is 0 Å². The standard InChI is InChI=1S/C7H8N.Na/c8-6-7-4-2-1-3-5-7;/h2-5H,6,8H2;. The van der Waals surface area contributed by atoms with Crippen molar-refractivity contribution in [2.24, 2.45) is 5.73 Å². The van der Waals surface area contributed by atoms with Crippen molar-refractivity contribution < 1.29 is 0 Å². The Morgan fingerprint density at radius 3 is 2.22 bits per heavy atom. The van der Waals surface area contributed by atoms with Gasteiger partial charge in [-0.05, 0) is 0 Å². The maximum atomic E-state index is 5.41. The molecule has 0 amide bonds. The van der Waals surface area contributed by atoms with Gasteiger partial charge in [-0.25, -0.2) is 0 Å². The molecule has 0 fully saturated rings. The van der Waals surface area contributed by atoms with Gasteiger partial charge in [0.25, 0.3) is 0 Å². The molecule has 1 aromatic rings. The minimum absolute atomic E-state index is 0.655. The predicted molar refractivity (Wildman–Crippen MR) is 39.7 cm³/mol. The van der Waals surface area contributed by atoms with Crippen LogP contribution in [-0.2, 0) is 6.54 Å². The summed E-state index contributed by atoms with van der Waals surface area (Å²) in [6.45, 7) is 0.655. The molecular formula is C7H8NNa. The molecule has 0 aliphatic heterocycles. The summed E-state index contributed by atoms with van der Waals surface area (Å²) in [5.41, 5.74) is 6.63. The van der Waals surface area contributed by atoms with Gasteiger partial charge in [-0.15, -0.1) is 0 Å². The van der Waals surface area contributed by atoms with Crippen LogP contribution in [0.25, 0.3) is 0 Å². The van der Waals surface area contributed by atoms with E-state index in [0.29, 0.717) is 6.54 Å². The van der Waals surface area contributed by atoms with E-state index in [-0.39, 0.29) is 0 Å². The fourth-order valence-electron chi connectivity index (χ4n) is 0.724. The van der Waals surface area contributed by atoms with Crippen molar-refractivity contribution in [3.63, 3.8) is 0 Å². The summed E-state index contributed by atoms with van der Waals surface area (Å²) in [5.74, 6) is 0. The molecular weight excluding hydrogens is 121 g/mol. The van der Waals surface area contributed by atoms with Gasteiger partial charge in [0.2, 0.25) is 0 Å². The number of nitrogens with two attached hydrogens (primary N) is 1. The summed E-state index contributed by atoms with van der Waals surface area (Å²) in [6.07, 6.45) is 0. The van der Waals surface area contributed by atoms with Crippen LogP contribution in [0.3, 0.4) is 0 Å². The molecule has 0 aromatic heterocycles. The zero-order valence-corrected chi connectivity index (χ0v) is 7.59. The Morgan fingerprint density at radius 2 is 1.78 bits per heavy atom. The quantitative estimate of drug-likeness (QED) is 0.528. The average molecular weight is 129 g/mol. The van der Waals surface area contributed by atoms with E-state index < -0.39 is 0 Å². The van der Waals surface area contributed by atoms with Crippen molar-refractivity contribution in [3.8, 4) is 0 Å². The zero-order valence-electron chi connectivity index (χ0n) is 5.59. The third-order valence-electron chi connectivity index (χ3n) is 1.36. The third-order valence-corrected chi connectivity index (χ3v) is 2.02. The normalized spacial score (nSPS) is 9.67.